The van der Waals surface area contributed by atoms with Gasteiger partial charge in [-0.15, -0.1) is 0 Å². The van der Waals surface area contributed by atoms with Gasteiger partial charge in [0.1, 0.15) is 6.61 Å². The minimum Gasteiger partial charge on any atom is -0.368 e. The molecule has 0 aliphatic heterocycles. The monoisotopic (exact) mass is 298 g/mol. The Labute approximate surface area is 128 Å². The lowest BCUT2D eigenvalue weighted by molar-refractivity contribution is -0.149. The van der Waals surface area contributed by atoms with Crippen molar-refractivity contribution in [3.8, 4) is 0 Å². The Morgan fingerprint density at radius 3 is 1.95 bits per heavy atom. The highest BCUT2D eigenvalue weighted by molar-refractivity contribution is 5.86. The van der Waals surface area contributed by atoms with Crippen LogP contribution in [0.3, 0.4) is 0 Å². The van der Waals surface area contributed by atoms with Crippen molar-refractivity contribution in [3.05, 3.63) is 71.8 Å². The van der Waals surface area contributed by atoms with E-state index in [4.69, 9.17) is 16.2 Å². The number of nitrogens with two attached hydrogens (primary N) is 2. The van der Waals surface area contributed by atoms with Gasteiger partial charge in [0.2, 0.25) is 5.91 Å². The fourth-order valence-electron chi connectivity index (χ4n) is 2.32. The molecular weight excluding hydrogens is 280 g/mol. The Balaban J connectivity index is 2.45. The van der Waals surface area contributed by atoms with Crippen LogP contribution in [0.25, 0.3) is 0 Å². The number of hydrogen-bond donors (Lipinski definition) is 2. The molecule has 0 unspecified atom stereocenters. The third-order valence-electron chi connectivity index (χ3n) is 3.39. The lowest BCUT2D eigenvalue weighted by Gasteiger charge is -2.31. The second kappa shape index (κ2) is 6.87. The fourth-order valence-corrected chi connectivity index (χ4v) is 2.32. The molecule has 114 valence electrons. The number of ether oxygens (including phenoxy) is 1. The first-order valence-corrected chi connectivity index (χ1v) is 6.86. The largest absolute Gasteiger partial charge is 0.368 e. The molecule has 5 nitrogen and oxygen atoms in total. The van der Waals surface area contributed by atoms with E-state index in [-0.39, 0.29) is 13.0 Å². The summed E-state index contributed by atoms with van der Waals surface area (Å²) in [5.41, 5.74) is 10.8. The van der Waals surface area contributed by atoms with Crippen LogP contribution in [0.4, 0.5) is 0 Å². The minimum absolute atomic E-state index is 0.223. The lowest BCUT2D eigenvalue weighted by Crippen LogP contribution is -2.47. The van der Waals surface area contributed by atoms with E-state index >= 15 is 0 Å². The molecule has 0 heterocycles. The Bertz CT molecular complexity index is 643. The molecule has 2 aromatic carbocycles. The molecule has 0 fully saturated rings. The van der Waals surface area contributed by atoms with Crippen molar-refractivity contribution in [2.75, 3.05) is 6.61 Å². The summed E-state index contributed by atoms with van der Waals surface area (Å²) in [5.74, 6) is -1.32. The third kappa shape index (κ3) is 3.51. The van der Waals surface area contributed by atoms with Gasteiger partial charge in [-0.25, -0.2) is 0 Å². The highest BCUT2D eigenvalue weighted by Gasteiger charge is 2.40. The molecule has 1 atom stereocenters. The fraction of sp³-hybridized carbons (Fsp3) is 0.176. The van der Waals surface area contributed by atoms with E-state index in [0.717, 1.165) is 5.56 Å². The van der Waals surface area contributed by atoms with Gasteiger partial charge in [-0.05, 0) is 11.1 Å². The summed E-state index contributed by atoms with van der Waals surface area (Å²) in [4.78, 5) is 23.3. The number of carbonyl (C=O) groups excluding carboxylic acids is 2. The van der Waals surface area contributed by atoms with Crippen molar-refractivity contribution in [2.45, 2.75) is 12.0 Å². The van der Waals surface area contributed by atoms with E-state index in [0.29, 0.717) is 5.56 Å². The number of carbonyl (C=O) groups is 2. The highest BCUT2D eigenvalue weighted by atomic mass is 16.5. The van der Waals surface area contributed by atoms with E-state index < -0.39 is 17.4 Å². The number of primary amides is 2. The maximum absolute atomic E-state index is 12.2. The zero-order valence-corrected chi connectivity index (χ0v) is 12.1. The minimum atomic E-state index is -1.43. The van der Waals surface area contributed by atoms with Crippen LogP contribution < -0.4 is 11.5 Å². The van der Waals surface area contributed by atoms with E-state index in [9.17, 15) is 9.59 Å². The SMILES string of the molecule is NC(=O)CO[C@@](Cc1ccccc1)(C(N)=O)c1ccccc1. The van der Waals surface area contributed by atoms with E-state index in [2.05, 4.69) is 0 Å². The van der Waals surface area contributed by atoms with Gasteiger partial charge in [0.05, 0.1) is 0 Å². The standard InChI is InChI=1S/C17H18N2O3/c18-15(20)12-22-17(16(19)21,14-9-5-2-6-10-14)11-13-7-3-1-4-8-13/h1-10H,11-12H2,(H2,18,20)(H2,19,21)/t17-/m1/s1. The van der Waals surface area contributed by atoms with Crippen molar-refractivity contribution in [1.29, 1.82) is 0 Å². The molecule has 0 saturated carbocycles. The first kappa shape index (κ1) is 15.7. The van der Waals surface area contributed by atoms with Crippen molar-refractivity contribution >= 4 is 11.8 Å². The highest BCUT2D eigenvalue weighted by Crippen LogP contribution is 2.30. The molecule has 2 aromatic rings. The van der Waals surface area contributed by atoms with Crippen molar-refractivity contribution in [2.24, 2.45) is 11.5 Å². The van der Waals surface area contributed by atoms with E-state index in [1.807, 2.05) is 36.4 Å². The molecule has 0 aliphatic rings. The number of hydrogen-bond acceptors (Lipinski definition) is 3. The summed E-state index contributed by atoms with van der Waals surface area (Å²) in [5, 5.41) is 0. The van der Waals surface area contributed by atoms with Crippen LogP contribution >= 0.6 is 0 Å². The molecule has 0 bridgehead atoms. The molecule has 0 aromatic heterocycles. The number of benzene rings is 2. The maximum atomic E-state index is 12.2. The molecule has 0 saturated heterocycles. The number of rotatable bonds is 7. The Morgan fingerprint density at radius 1 is 0.909 bits per heavy atom. The normalized spacial score (nSPS) is 13.3. The van der Waals surface area contributed by atoms with Crippen LogP contribution in [0.5, 0.6) is 0 Å². The van der Waals surface area contributed by atoms with Gasteiger partial charge < -0.3 is 16.2 Å². The molecule has 5 heteroatoms. The summed E-state index contributed by atoms with van der Waals surface area (Å²) in [6.07, 6.45) is 0.223. The lowest BCUT2D eigenvalue weighted by atomic mass is 9.86. The Kier molecular flexibility index (Phi) is 4.91. The molecule has 4 N–H and O–H groups in total. The summed E-state index contributed by atoms with van der Waals surface area (Å²) >= 11 is 0. The van der Waals surface area contributed by atoms with Crippen LogP contribution in [0, 0.1) is 0 Å². The predicted octanol–water partition coefficient (Wildman–Crippen LogP) is 1.11. The average Bonchev–Trinajstić information content (AvgIpc) is 2.53. The average molecular weight is 298 g/mol. The van der Waals surface area contributed by atoms with E-state index in [1.165, 1.54) is 0 Å². The molecular formula is C17H18N2O3. The summed E-state index contributed by atoms with van der Waals surface area (Å²) < 4.78 is 5.59. The zero-order chi connectivity index (χ0) is 16.0. The van der Waals surface area contributed by atoms with Crippen molar-refractivity contribution in [1.82, 2.24) is 0 Å². The van der Waals surface area contributed by atoms with Gasteiger partial charge in [-0.3, -0.25) is 9.59 Å². The second-order valence-corrected chi connectivity index (χ2v) is 4.97. The Hall–Kier alpha value is -2.66. The van der Waals surface area contributed by atoms with Crippen LogP contribution in [-0.4, -0.2) is 18.4 Å². The molecule has 0 aliphatic carbocycles. The first-order valence-electron chi connectivity index (χ1n) is 6.86. The van der Waals surface area contributed by atoms with Crippen LogP contribution in [0.1, 0.15) is 11.1 Å². The molecule has 22 heavy (non-hydrogen) atoms. The van der Waals surface area contributed by atoms with Gasteiger partial charge in [0.25, 0.3) is 5.91 Å². The molecule has 2 rings (SSSR count). The van der Waals surface area contributed by atoms with Gasteiger partial charge >= 0.3 is 0 Å². The summed E-state index contributed by atoms with van der Waals surface area (Å²) in [6.45, 7) is -0.384. The summed E-state index contributed by atoms with van der Waals surface area (Å²) in [6, 6.07) is 18.2. The van der Waals surface area contributed by atoms with Gasteiger partial charge in [-0.2, -0.15) is 0 Å². The smallest absolute Gasteiger partial charge is 0.254 e. The molecule has 2 amide bonds. The second-order valence-electron chi connectivity index (χ2n) is 4.97. The third-order valence-corrected chi connectivity index (χ3v) is 3.39. The first-order chi connectivity index (χ1) is 10.5. The maximum Gasteiger partial charge on any atom is 0.254 e. The van der Waals surface area contributed by atoms with Gasteiger partial charge in [0, 0.05) is 6.42 Å². The van der Waals surface area contributed by atoms with Crippen LogP contribution in [0.15, 0.2) is 60.7 Å². The molecule has 0 radical (unpaired) electrons. The Morgan fingerprint density at radius 2 is 1.45 bits per heavy atom. The van der Waals surface area contributed by atoms with Crippen molar-refractivity contribution in [3.63, 3.8) is 0 Å². The predicted molar refractivity (Wildman–Crippen MR) is 82.6 cm³/mol. The van der Waals surface area contributed by atoms with Crippen molar-refractivity contribution < 1.29 is 14.3 Å². The summed E-state index contributed by atoms with van der Waals surface area (Å²) in [7, 11) is 0. The number of amides is 2. The van der Waals surface area contributed by atoms with Gasteiger partial charge in [-0.1, -0.05) is 60.7 Å². The van der Waals surface area contributed by atoms with Crippen LogP contribution in [0.2, 0.25) is 0 Å². The van der Waals surface area contributed by atoms with Gasteiger partial charge in [0.15, 0.2) is 5.60 Å². The quantitative estimate of drug-likeness (QED) is 0.801. The topological polar surface area (TPSA) is 95.4 Å². The van der Waals surface area contributed by atoms with E-state index in [1.54, 1.807) is 24.3 Å². The zero-order valence-electron chi connectivity index (χ0n) is 12.1. The van der Waals surface area contributed by atoms with Crippen LogP contribution in [-0.2, 0) is 26.3 Å². The molecule has 0 spiro atoms.